The number of hydrogen-bond donors (Lipinski definition) is 4. The monoisotopic (exact) mass is 360 g/mol. The van der Waals surface area contributed by atoms with Crippen molar-refractivity contribution in [3.05, 3.63) is 53.9 Å². The van der Waals surface area contributed by atoms with E-state index in [2.05, 4.69) is 15.7 Å². The average molecular weight is 360 g/mol. The Labute approximate surface area is 151 Å². The van der Waals surface area contributed by atoms with Crippen LogP contribution in [-0.4, -0.2) is 44.6 Å². The number of nitrogens with zero attached hydrogens (tertiary/aromatic N) is 2. The number of aliphatic carboxylic acids is 1. The number of carboxylic acid groups (broad SMARTS) is 1. The van der Waals surface area contributed by atoms with E-state index in [9.17, 15) is 14.7 Å². The van der Waals surface area contributed by atoms with Gasteiger partial charge in [0.15, 0.2) is 0 Å². The van der Waals surface area contributed by atoms with Gasteiger partial charge in [-0.25, -0.2) is 4.79 Å². The number of aliphatic hydroxyl groups excluding tert-OH is 1. The van der Waals surface area contributed by atoms with Crippen LogP contribution >= 0.6 is 0 Å². The molecule has 0 spiro atoms. The summed E-state index contributed by atoms with van der Waals surface area (Å²) in [5.41, 5.74) is 1.68. The maximum atomic E-state index is 12.4. The summed E-state index contributed by atoms with van der Waals surface area (Å²) < 4.78 is 1.58. The molecule has 2 amide bonds. The zero-order chi connectivity index (χ0) is 18.9. The Morgan fingerprint density at radius 3 is 2.50 bits per heavy atom. The molecule has 0 fully saturated rings. The van der Waals surface area contributed by atoms with Gasteiger partial charge in [-0.2, -0.15) is 5.10 Å². The highest BCUT2D eigenvalue weighted by atomic mass is 16.4. The molecule has 0 aliphatic rings. The summed E-state index contributed by atoms with van der Waals surface area (Å²) in [5, 5.41) is 28.0. The molecular weight excluding hydrogens is 336 g/mol. The van der Waals surface area contributed by atoms with E-state index in [0.29, 0.717) is 18.5 Å². The van der Waals surface area contributed by atoms with E-state index in [1.807, 2.05) is 30.3 Å². The minimum atomic E-state index is -0.909. The van der Waals surface area contributed by atoms with Gasteiger partial charge >= 0.3 is 12.0 Å². The third-order valence-corrected chi connectivity index (χ3v) is 4.07. The predicted octanol–water partition coefficient (Wildman–Crippen LogP) is 1.23. The second kappa shape index (κ2) is 9.57. The maximum absolute atomic E-state index is 12.4. The van der Waals surface area contributed by atoms with Crippen molar-refractivity contribution in [1.82, 2.24) is 20.4 Å². The van der Waals surface area contributed by atoms with Crippen LogP contribution in [0.2, 0.25) is 0 Å². The normalized spacial score (nSPS) is 13.0. The van der Waals surface area contributed by atoms with Gasteiger partial charge in [0.05, 0.1) is 18.3 Å². The SMILES string of the molecule is Cn1nccc1C(CO)NC(=O)NC(CCC(=O)O)Cc1ccccc1. The van der Waals surface area contributed by atoms with Gasteiger partial charge in [0, 0.05) is 25.7 Å². The highest BCUT2D eigenvalue weighted by Crippen LogP contribution is 2.11. The summed E-state index contributed by atoms with van der Waals surface area (Å²) in [4.78, 5) is 23.2. The zero-order valence-electron chi connectivity index (χ0n) is 14.6. The maximum Gasteiger partial charge on any atom is 0.315 e. The summed E-state index contributed by atoms with van der Waals surface area (Å²) in [6.07, 6.45) is 2.38. The molecule has 1 heterocycles. The first kappa shape index (κ1) is 19.5. The van der Waals surface area contributed by atoms with Crippen LogP contribution < -0.4 is 10.6 Å². The minimum absolute atomic E-state index is 0.0388. The van der Waals surface area contributed by atoms with Crippen LogP contribution in [0.4, 0.5) is 4.79 Å². The van der Waals surface area contributed by atoms with Crippen LogP contribution in [0.15, 0.2) is 42.6 Å². The van der Waals surface area contributed by atoms with Crippen LogP contribution in [0, 0.1) is 0 Å². The number of nitrogens with one attached hydrogen (secondary N) is 2. The Bertz CT molecular complexity index is 717. The Kier molecular flexibility index (Phi) is 7.16. The second-order valence-electron chi connectivity index (χ2n) is 6.05. The molecule has 2 aromatic rings. The molecule has 0 aliphatic heterocycles. The van der Waals surface area contributed by atoms with Gasteiger partial charge in [-0.3, -0.25) is 9.48 Å². The number of rotatable bonds is 9. The topological polar surface area (TPSA) is 116 Å². The molecule has 2 rings (SSSR count). The molecule has 2 unspecified atom stereocenters. The van der Waals surface area contributed by atoms with Gasteiger partial charge in [-0.05, 0) is 24.5 Å². The lowest BCUT2D eigenvalue weighted by Gasteiger charge is -2.22. The number of carbonyl (C=O) groups is 2. The summed E-state index contributed by atoms with van der Waals surface area (Å²) >= 11 is 0. The Hall–Kier alpha value is -2.87. The van der Waals surface area contributed by atoms with E-state index in [4.69, 9.17) is 5.11 Å². The van der Waals surface area contributed by atoms with Gasteiger partial charge in [0.2, 0.25) is 0 Å². The van der Waals surface area contributed by atoms with Gasteiger partial charge in [0.1, 0.15) is 0 Å². The molecule has 140 valence electrons. The number of aromatic nitrogens is 2. The number of urea groups is 1. The lowest BCUT2D eigenvalue weighted by molar-refractivity contribution is -0.137. The van der Waals surface area contributed by atoms with E-state index in [0.717, 1.165) is 5.56 Å². The van der Waals surface area contributed by atoms with Crippen molar-refractivity contribution in [2.75, 3.05) is 6.61 Å². The zero-order valence-corrected chi connectivity index (χ0v) is 14.6. The summed E-state index contributed by atoms with van der Waals surface area (Å²) in [6, 6.07) is 9.87. The molecule has 0 radical (unpaired) electrons. The summed E-state index contributed by atoms with van der Waals surface area (Å²) in [6.45, 7) is -0.272. The molecule has 8 heteroatoms. The lowest BCUT2D eigenvalue weighted by atomic mass is 10.0. The summed E-state index contributed by atoms with van der Waals surface area (Å²) in [5.74, 6) is -0.909. The van der Waals surface area contributed by atoms with E-state index in [1.54, 1.807) is 24.0 Å². The number of benzene rings is 1. The third kappa shape index (κ3) is 5.89. The molecule has 0 saturated heterocycles. The van der Waals surface area contributed by atoms with Gasteiger partial charge < -0.3 is 20.8 Å². The first-order chi connectivity index (χ1) is 12.5. The Balaban J connectivity index is 1.99. The largest absolute Gasteiger partial charge is 0.481 e. The lowest BCUT2D eigenvalue weighted by Crippen LogP contribution is -2.45. The first-order valence-corrected chi connectivity index (χ1v) is 8.41. The highest BCUT2D eigenvalue weighted by molar-refractivity contribution is 5.75. The van der Waals surface area contributed by atoms with Crippen molar-refractivity contribution in [2.45, 2.75) is 31.3 Å². The van der Waals surface area contributed by atoms with Crippen LogP contribution in [0.1, 0.15) is 30.1 Å². The number of carbonyl (C=O) groups excluding carboxylic acids is 1. The van der Waals surface area contributed by atoms with E-state index >= 15 is 0 Å². The van der Waals surface area contributed by atoms with Gasteiger partial charge in [0.25, 0.3) is 0 Å². The fourth-order valence-corrected chi connectivity index (χ4v) is 2.75. The number of aliphatic hydroxyl groups is 1. The molecule has 26 heavy (non-hydrogen) atoms. The molecule has 8 nitrogen and oxygen atoms in total. The fourth-order valence-electron chi connectivity index (χ4n) is 2.75. The minimum Gasteiger partial charge on any atom is -0.481 e. The molecule has 4 N–H and O–H groups in total. The van der Waals surface area contributed by atoms with Crippen molar-refractivity contribution in [2.24, 2.45) is 7.05 Å². The second-order valence-corrected chi connectivity index (χ2v) is 6.05. The van der Waals surface area contributed by atoms with E-state index in [-0.39, 0.29) is 19.1 Å². The van der Waals surface area contributed by atoms with Gasteiger partial charge in [-0.1, -0.05) is 30.3 Å². The number of amides is 2. The quantitative estimate of drug-likeness (QED) is 0.537. The number of hydrogen-bond acceptors (Lipinski definition) is 4. The van der Waals surface area contributed by atoms with E-state index < -0.39 is 18.0 Å². The molecule has 0 bridgehead atoms. The van der Waals surface area contributed by atoms with Crippen LogP contribution in [0.5, 0.6) is 0 Å². The standard InChI is InChI=1S/C18H24N4O4/c1-22-16(9-10-19-22)15(12-23)21-18(26)20-14(7-8-17(24)25)11-13-5-3-2-4-6-13/h2-6,9-10,14-15,23H,7-8,11-12H2,1H3,(H,24,25)(H2,20,21,26). The van der Waals surface area contributed by atoms with Crippen molar-refractivity contribution in [3.8, 4) is 0 Å². The van der Waals surface area contributed by atoms with Crippen molar-refractivity contribution < 1.29 is 19.8 Å². The fraction of sp³-hybridized carbons (Fsp3) is 0.389. The predicted molar refractivity (Wildman–Crippen MR) is 95.5 cm³/mol. The van der Waals surface area contributed by atoms with Crippen molar-refractivity contribution >= 4 is 12.0 Å². The smallest absolute Gasteiger partial charge is 0.315 e. The number of aryl methyl sites for hydroxylation is 1. The van der Waals surface area contributed by atoms with Crippen LogP contribution in [-0.2, 0) is 18.3 Å². The molecule has 1 aromatic heterocycles. The van der Waals surface area contributed by atoms with E-state index in [1.165, 1.54) is 0 Å². The Morgan fingerprint density at radius 2 is 1.92 bits per heavy atom. The number of carboxylic acids is 1. The van der Waals surface area contributed by atoms with Crippen molar-refractivity contribution in [3.63, 3.8) is 0 Å². The molecule has 2 atom stereocenters. The third-order valence-electron chi connectivity index (χ3n) is 4.07. The molecule has 1 aromatic carbocycles. The molecular formula is C18H24N4O4. The summed E-state index contributed by atoms with van der Waals surface area (Å²) in [7, 11) is 1.72. The molecule has 0 saturated carbocycles. The highest BCUT2D eigenvalue weighted by Gasteiger charge is 2.20. The van der Waals surface area contributed by atoms with Crippen LogP contribution in [0.25, 0.3) is 0 Å². The van der Waals surface area contributed by atoms with Gasteiger partial charge in [-0.15, -0.1) is 0 Å². The van der Waals surface area contributed by atoms with Crippen molar-refractivity contribution in [1.29, 1.82) is 0 Å². The van der Waals surface area contributed by atoms with Crippen LogP contribution in [0.3, 0.4) is 0 Å². The molecule has 0 aliphatic carbocycles. The Morgan fingerprint density at radius 1 is 1.19 bits per heavy atom. The average Bonchev–Trinajstić information content (AvgIpc) is 3.04. The first-order valence-electron chi connectivity index (χ1n) is 8.41.